The van der Waals surface area contributed by atoms with Crippen molar-refractivity contribution in [3.63, 3.8) is 0 Å². The molecule has 0 bridgehead atoms. The van der Waals surface area contributed by atoms with Gasteiger partial charge in [-0.05, 0) is 24.3 Å². The average Bonchev–Trinajstić information content (AvgIpc) is 2.39. The normalized spacial score (nSPS) is 11.2. The van der Waals surface area contributed by atoms with Gasteiger partial charge in [0.1, 0.15) is 4.90 Å². The van der Waals surface area contributed by atoms with Gasteiger partial charge in [0.05, 0.1) is 6.61 Å². The molecule has 2 heterocycles. The number of nitrogens with two attached hydrogens (primary N) is 1. The summed E-state index contributed by atoms with van der Waals surface area (Å²) in [4.78, 5) is 7.90. The predicted molar refractivity (Wildman–Crippen MR) is 69.0 cm³/mol. The molecule has 0 aliphatic carbocycles. The van der Waals surface area contributed by atoms with Crippen LogP contribution < -0.4 is 9.88 Å². The van der Waals surface area contributed by atoms with Crippen molar-refractivity contribution in [3.05, 3.63) is 48.4 Å². The van der Waals surface area contributed by atoms with Crippen LogP contribution in [0.5, 0.6) is 5.88 Å². The first-order valence-electron chi connectivity index (χ1n) is 5.58. The summed E-state index contributed by atoms with van der Waals surface area (Å²) in [5.74, 6) is 0.0148. The number of hydrogen-bond acceptors (Lipinski definition) is 5. The second-order valence-electron chi connectivity index (χ2n) is 3.77. The Balaban J connectivity index is 2.05. The number of nitrogens with zero attached hydrogens (tertiary/aromatic N) is 2. The Morgan fingerprint density at radius 3 is 2.58 bits per heavy atom. The van der Waals surface area contributed by atoms with E-state index in [1.165, 1.54) is 18.3 Å². The summed E-state index contributed by atoms with van der Waals surface area (Å²) in [7, 11) is -3.83. The van der Waals surface area contributed by atoms with Gasteiger partial charge >= 0.3 is 0 Å². The Hall–Kier alpha value is -1.99. The smallest absolute Gasteiger partial charge is 0.243 e. The molecule has 19 heavy (non-hydrogen) atoms. The van der Waals surface area contributed by atoms with E-state index in [1.807, 2.05) is 18.2 Å². The van der Waals surface area contributed by atoms with Crippen LogP contribution in [0.25, 0.3) is 0 Å². The number of rotatable bonds is 5. The molecule has 0 aromatic carbocycles. The van der Waals surface area contributed by atoms with E-state index in [4.69, 9.17) is 9.88 Å². The van der Waals surface area contributed by atoms with Gasteiger partial charge in [-0.3, -0.25) is 4.98 Å². The van der Waals surface area contributed by atoms with Crippen LogP contribution in [-0.2, 0) is 16.4 Å². The molecule has 0 unspecified atom stereocenters. The van der Waals surface area contributed by atoms with Gasteiger partial charge in [0, 0.05) is 24.5 Å². The van der Waals surface area contributed by atoms with E-state index >= 15 is 0 Å². The van der Waals surface area contributed by atoms with Crippen LogP contribution >= 0.6 is 0 Å². The number of hydrogen-bond donors (Lipinski definition) is 1. The molecule has 2 aromatic rings. The van der Waals surface area contributed by atoms with Crippen LogP contribution in [0.4, 0.5) is 0 Å². The van der Waals surface area contributed by atoms with Gasteiger partial charge in [0.15, 0.2) is 0 Å². The molecule has 100 valence electrons. The van der Waals surface area contributed by atoms with Crippen LogP contribution in [-0.4, -0.2) is 25.0 Å². The van der Waals surface area contributed by atoms with E-state index in [2.05, 4.69) is 9.97 Å². The Labute approximate surface area is 111 Å². The highest BCUT2D eigenvalue weighted by Crippen LogP contribution is 2.18. The molecule has 2 N–H and O–H groups in total. The summed E-state index contributed by atoms with van der Waals surface area (Å²) in [6.45, 7) is 0.274. The van der Waals surface area contributed by atoms with Gasteiger partial charge in [-0.25, -0.2) is 18.5 Å². The number of primary sulfonamides is 1. The lowest BCUT2D eigenvalue weighted by atomic mass is 10.3. The first-order valence-corrected chi connectivity index (χ1v) is 7.12. The van der Waals surface area contributed by atoms with E-state index in [0.717, 1.165) is 5.69 Å². The number of pyridine rings is 2. The van der Waals surface area contributed by atoms with Gasteiger partial charge in [-0.1, -0.05) is 6.07 Å². The largest absolute Gasteiger partial charge is 0.476 e. The maximum atomic E-state index is 11.3. The lowest BCUT2D eigenvalue weighted by Crippen LogP contribution is -2.15. The molecule has 2 rings (SSSR count). The zero-order valence-electron chi connectivity index (χ0n) is 10.1. The molecule has 6 nitrogen and oxygen atoms in total. The summed E-state index contributed by atoms with van der Waals surface area (Å²) in [6.07, 6.45) is 3.69. The lowest BCUT2D eigenvalue weighted by Gasteiger charge is -2.08. The third kappa shape index (κ3) is 3.73. The summed E-state index contributed by atoms with van der Waals surface area (Å²) in [5, 5.41) is 5.08. The van der Waals surface area contributed by atoms with Gasteiger partial charge in [-0.15, -0.1) is 0 Å². The fraction of sp³-hybridized carbons (Fsp3) is 0.167. The molecule has 2 aromatic heterocycles. The minimum absolute atomic E-state index is 0.0148. The predicted octanol–water partition coefficient (Wildman–Crippen LogP) is 0.745. The molecule has 0 saturated heterocycles. The fourth-order valence-electron chi connectivity index (χ4n) is 1.50. The highest BCUT2D eigenvalue weighted by Gasteiger charge is 2.15. The van der Waals surface area contributed by atoms with Crippen molar-refractivity contribution in [2.45, 2.75) is 11.3 Å². The molecule has 7 heteroatoms. The van der Waals surface area contributed by atoms with E-state index in [0.29, 0.717) is 6.42 Å². The molecule has 0 radical (unpaired) electrons. The number of aromatic nitrogens is 2. The molecule has 0 aliphatic heterocycles. The maximum Gasteiger partial charge on any atom is 0.243 e. The highest BCUT2D eigenvalue weighted by atomic mass is 32.2. The van der Waals surface area contributed by atoms with E-state index in [9.17, 15) is 8.42 Å². The highest BCUT2D eigenvalue weighted by molar-refractivity contribution is 7.89. The van der Waals surface area contributed by atoms with E-state index in [-0.39, 0.29) is 17.4 Å². The molecule has 0 fully saturated rings. The zero-order chi connectivity index (χ0) is 13.7. The Morgan fingerprint density at radius 1 is 1.11 bits per heavy atom. The van der Waals surface area contributed by atoms with Crippen molar-refractivity contribution in [2.24, 2.45) is 5.14 Å². The van der Waals surface area contributed by atoms with Crippen molar-refractivity contribution >= 4 is 10.0 Å². The first-order chi connectivity index (χ1) is 9.07. The summed E-state index contributed by atoms with van der Waals surface area (Å²) < 4.78 is 28.0. The third-order valence-corrected chi connectivity index (χ3v) is 3.29. The summed E-state index contributed by atoms with van der Waals surface area (Å²) >= 11 is 0. The standard InChI is InChI=1S/C12H13N3O3S/c13-19(16,17)11-5-3-8-15-12(11)18-9-6-10-4-1-2-7-14-10/h1-5,7-8H,6,9H2,(H2,13,16,17). The second kappa shape index (κ2) is 5.77. The van der Waals surface area contributed by atoms with Crippen LogP contribution in [0.2, 0.25) is 0 Å². The zero-order valence-corrected chi connectivity index (χ0v) is 10.9. The summed E-state index contributed by atoms with van der Waals surface area (Å²) in [6, 6.07) is 8.41. The third-order valence-electron chi connectivity index (χ3n) is 2.37. The van der Waals surface area contributed by atoms with E-state index in [1.54, 1.807) is 6.20 Å². The quantitative estimate of drug-likeness (QED) is 0.871. The van der Waals surface area contributed by atoms with Gasteiger partial charge in [0.25, 0.3) is 0 Å². The topological polar surface area (TPSA) is 95.2 Å². The Bertz CT molecular complexity index is 644. The van der Waals surface area contributed by atoms with Gasteiger partial charge in [-0.2, -0.15) is 0 Å². The van der Waals surface area contributed by atoms with Crippen molar-refractivity contribution in [3.8, 4) is 5.88 Å². The van der Waals surface area contributed by atoms with E-state index < -0.39 is 10.0 Å². The molecule has 0 spiro atoms. The first kappa shape index (κ1) is 13.4. The van der Waals surface area contributed by atoms with Crippen molar-refractivity contribution in [1.82, 2.24) is 9.97 Å². The number of ether oxygens (including phenoxy) is 1. The van der Waals surface area contributed by atoms with Crippen LogP contribution in [0.3, 0.4) is 0 Å². The van der Waals surface area contributed by atoms with Crippen LogP contribution in [0.1, 0.15) is 5.69 Å². The van der Waals surface area contributed by atoms with Crippen molar-refractivity contribution in [1.29, 1.82) is 0 Å². The Morgan fingerprint density at radius 2 is 1.89 bits per heavy atom. The molecular formula is C12H13N3O3S. The monoisotopic (exact) mass is 279 g/mol. The van der Waals surface area contributed by atoms with Gasteiger partial charge < -0.3 is 4.74 Å². The van der Waals surface area contributed by atoms with Crippen LogP contribution in [0, 0.1) is 0 Å². The average molecular weight is 279 g/mol. The minimum Gasteiger partial charge on any atom is -0.476 e. The van der Waals surface area contributed by atoms with Crippen molar-refractivity contribution < 1.29 is 13.2 Å². The molecule has 0 aliphatic rings. The fourth-order valence-corrected chi connectivity index (χ4v) is 2.12. The number of sulfonamides is 1. The van der Waals surface area contributed by atoms with Gasteiger partial charge in [0.2, 0.25) is 15.9 Å². The molecule has 0 saturated carbocycles. The SMILES string of the molecule is NS(=O)(=O)c1cccnc1OCCc1ccccn1. The van der Waals surface area contributed by atoms with Crippen molar-refractivity contribution in [2.75, 3.05) is 6.61 Å². The Kier molecular flexibility index (Phi) is 4.08. The lowest BCUT2D eigenvalue weighted by molar-refractivity contribution is 0.299. The van der Waals surface area contributed by atoms with Crippen LogP contribution in [0.15, 0.2) is 47.6 Å². The molecular weight excluding hydrogens is 266 g/mol. The maximum absolute atomic E-state index is 11.3. The molecule has 0 atom stereocenters. The molecule has 0 amide bonds. The summed E-state index contributed by atoms with van der Waals surface area (Å²) in [5.41, 5.74) is 0.857. The minimum atomic E-state index is -3.83. The second-order valence-corrected chi connectivity index (χ2v) is 5.30.